The number of guanidine groups is 1. The number of nitrogens with zero attached hydrogens (tertiary/aromatic N) is 3. The van der Waals surface area contributed by atoms with Crippen molar-refractivity contribution in [2.24, 2.45) is 10.9 Å². The van der Waals surface area contributed by atoms with Crippen LogP contribution in [0.5, 0.6) is 0 Å². The topological polar surface area (TPSA) is 44.0 Å². The van der Waals surface area contributed by atoms with Gasteiger partial charge in [-0.3, -0.25) is 9.89 Å². The molecule has 2 aliphatic rings. The summed E-state index contributed by atoms with van der Waals surface area (Å²) in [5.74, 6) is 2.76. The second-order valence-corrected chi connectivity index (χ2v) is 7.99. The van der Waals surface area contributed by atoms with Crippen LogP contribution in [0.4, 0.5) is 0 Å². The zero-order valence-corrected chi connectivity index (χ0v) is 19.6. The number of rotatable bonds is 6. The average molecular weight is 508 g/mol. The first kappa shape index (κ1) is 22.2. The van der Waals surface area contributed by atoms with Gasteiger partial charge in [0.2, 0.25) is 0 Å². The molecule has 2 atom stereocenters. The van der Waals surface area contributed by atoms with E-state index in [9.17, 15) is 0 Å². The van der Waals surface area contributed by atoms with Crippen LogP contribution in [-0.4, -0.2) is 55.5 Å². The minimum Gasteiger partial charge on any atom is -0.468 e. The lowest BCUT2D eigenvalue weighted by atomic mass is 9.99. The lowest BCUT2D eigenvalue weighted by molar-refractivity contribution is 0.214. The van der Waals surface area contributed by atoms with Gasteiger partial charge in [-0.2, -0.15) is 0 Å². The standard InChI is InChI=1S/C23H32N4O.HI/c1-24-23(27-14-11-20(18-27)16-19-8-3-2-4-9-19)25-17-21(22-10-7-15-28-22)26-12-5-6-13-26;/h2-4,7-10,15,20-21H,5-6,11-14,16-18H2,1H3,(H,24,25);1H. The second-order valence-electron chi connectivity index (χ2n) is 7.99. The fourth-order valence-corrected chi connectivity index (χ4v) is 4.60. The summed E-state index contributed by atoms with van der Waals surface area (Å²) in [6.07, 6.45) is 6.71. The number of aliphatic imine (C=N–C) groups is 1. The SMILES string of the molecule is CN=C(NCC(c1ccco1)N1CCCC1)N1CCC(Cc2ccccc2)C1.I. The Morgan fingerprint density at radius 1 is 1.14 bits per heavy atom. The smallest absolute Gasteiger partial charge is 0.193 e. The maximum absolute atomic E-state index is 5.75. The third kappa shape index (κ3) is 5.75. The van der Waals surface area contributed by atoms with Crippen LogP contribution in [0.15, 0.2) is 58.1 Å². The molecule has 0 radical (unpaired) electrons. The number of hydrogen-bond acceptors (Lipinski definition) is 3. The van der Waals surface area contributed by atoms with E-state index in [2.05, 4.69) is 56.5 Å². The first-order valence-electron chi connectivity index (χ1n) is 10.6. The largest absolute Gasteiger partial charge is 0.468 e. The lowest BCUT2D eigenvalue weighted by Gasteiger charge is -2.28. The van der Waals surface area contributed by atoms with Crippen molar-refractivity contribution in [2.75, 3.05) is 39.8 Å². The van der Waals surface area contributed by atoms with Gasteiger partial charge in [-0.15, -0.1) is 24.0 Å². The molecule has 0 spiro atoms. The maximum atomic E-state index is 5.75. The van der Waals surface area contributed by atoms with E-state index in [1.54, 1.807) is 6.26 Å². The quantitative estimate of drug-likeness (QED) is 0.362. The average Bonchev–Trinajstić information content (AvgIpc) is 3.49. The molecule has 1 N–H and O–H groups in total. The van der Waals surface area contributed by atoms with Gasteiger partial charge in [-0.05, 0) is 62.4 Å². The summed E-state index contributed by atoms with van der Waals surface area (Å²) in [5, 5.41) is 3.64. The highest BCUT2D eigenvalue weighted by Gasteiger charge is 2.28. The van der Waals surface area contributed by atoms with Crippen LogP contribution in [0.1, 0.15) is 36.6 Å². The zero-order chi connectivity index (χ0) is 19.2. The summed E-state index contributed by atoms with van der Waals surface area (Å²) in [4.78, 5) is 9.52. The van der Waals surface area contributed by atoms with E-state index in [-0.39, 0.29) is 30.0 Å². The van der Waals surface area contributed by atoms with Crippen LogP contribution in [0, 0.1) is 5.92 Å². The number of halogens is 1. The van der Waals surface area contributed by atoms with Gasteiger partial charge < -0.3 is 14.6 Å². The molecule has 29 heavy (non-hydrogen) atoms. The summed E-state index contributed by atoms with van der Waals surface area (Å²) < 4.78 is 5.75. The van der Waals surface area contributed by atoms with Crippen molar-refractivity contribution in [1.82, 2.24) is 15.1 Å². The molecule has 2 aromatic rings. The molecule has 2 unspecified atom stereocenters. The molecule has 2 saturated heterocycles. The van der Waals surface area contributed by atoms with Crippen LogP contribution in [0.2, 0.25) is 0 Å². The lowest BCUT2D eigenvalue weighted by Crippen LogP contribution is -2.44. The Kier molecular flexibility index (Phi) is 8.41. The first-order valence-corrected chi connectivity index (χ1v) is 10.6. The second kappa shape index (κ2) is 11.0. The molecule has 1 aromatic carbocycles. The van der Waals surface area contributed by atoms with Gasteiger partial charge in [0.15, 0.2) is 5.96 Å². The molecule has 2 aliphatic heterocycles. The van der Waals surface area contributed by atoms with Gasteiger partial charge in [0.25, 0.3) is 0 Å². The Balaban J connectivity index is 0.00000240. The normalized spacial score (nSPS) is 21.2. The number of likely N-dealkylation sites (tertiary alicyclic amines) is 2. The fourth-order valence-electron chi connectivity index (χ4n) is 4.60. The number of furan rings is 1. The highest BCUT2D eigenvalue weighted by Crippen LogP contribution is 2.25. The van der Waals surface area contributed by atoms with Gasteiger partial charge in [-0.25, -0.2) is 0 Å². The van der Waals surface area contributed by atoms with Crippen LogP contribution >= 0.6 is 24.0 Å². The minimum absolute atomic E-state index is 0. The summed E-state index contributed by atoms with van der Waals surface area (Å²) in [5.41, 5.74) is 1.43. The number of hydrogen-bond donors (Lipinski definition) is 1. The summed E-state index contributed by atoms with van der Waals surface area (Å²) >= 11 is 0. The summed E-state index contributed by atoms with van der Waals surface area (Å²) in [6, 6.07) is 15.2. The van der Waals surface area contributed by atoms with Crippen molar-refractivity contribution in [3.63, 3.8) is 0 Å². The van der Waals surface area contributed by atoms with Crippen molar-refractivity contribution < 1.29 is 4.42 Å². The van der Waals surface area contributed by atoms with Gasteiger partial charge in [0.1, 0.15) is 5.76 Å². The predicted octanol–water partition coefficient (Wildman–Crippen LogP) is 4.17. The molecule has 5 nitrogen and oxygen atoms in total. The molecule has 1 aromatic heterocycles. The number of nitrogens with one attached hydrogen (secondary N) is 1. The van der Waals surface area contributed by atoms with Crippen molar-refractivity contribution in [3.8, 4) is 0 Å². The summed E-state index contributed by atoms with van der Waals surface area (Å²) in [6.45, 7) is 5.28. The molecule has 0 bridgehead atoms. The molecular weight excluding hydrogens is 475 g/mol. The number of benzene rings is 1. The van der Waals surface area contributed by atoms with Gasteiger partial charge in [-0.1, -0.05) is 30.3 Å². The molecular formula is C23H33IN4O. The third-order valence-electron chi connectivity index (χ3n) is 6.07. The molecule has 4 rings (SSSR count). The maximum Gasteiger partial charge on any atom is 0.193 e. The Labute approximate surface area is 191 Å². The third-order valence-corrected chi connectivity index (χ3v) is 6.07. The van der Waals surface area contributed by atoms with E-state index < -0.39 is 0 Å². The van der Waals surface area contributed by atoms with E-state index in [1.807, 2.05) is 13.1 Å². The Bertz CT molecular complexity index is 744. The highest BCUT2D eigenvalue weighted by atomic mass is 127. The molecule has 6 heteroatoms. The van der Waals surface area contributed by atoms with Crippen molar-refractivity contribution in [2.45, 2.75) is 31.7 Å². The minimum atomic E-state index is 0. The van der Waals surface area contributed by atoms with Crippen LogP contribution < -0.4 is 5.32 Å². The molecule has 3 heterocycles. The molecule has 0 aliphatic carbocycles. The van der Waals surface area contributed by atoms with E-state index in [0.29, 0.717) is 5.92 Å². The van der Waals surface area contributed by atoms with Gasteiger partial charge >= 0.3 is 0 Å². The predicted molar refractivity (Wildman–Crippen MR) is 129 cm³/mol. The molecule has 0 saturated carbocycles. The van der Waals surface area contributed by atoms with E-state index in [0.717, 1.165) is 50.9 Å². The summed E-state index contributed by atoms with van der Waals surface area (Å²) in [7, 11) is 1.89. The van der Waals surface area contributed by atoms with Crippen molar-refractivity contribution >= 4 is 29.9 Å². The Hall–Kier alpha value is -1.54. The first-order chi connectivity index (χ1) is 13.8. The van der Waals surface area contributed by atoms with Crippen LogP contribution in [-0.2, 0) is 6.42 Å². The van der Waals surface area contributed by atoms with E-state index in [1.165, 1.54) is 24.8 Å². The molecule has 0 amide bonds. The van der Waals surface area contributed by atoms with Gasteiger partial charge in [0.05, 0.1) is 12.3 Å². The van der Waals surface area contributed by atoms with Crippen molar-refractivity contribution in [1.29, 1.82) is 0 Å². The Morgan fingerprint density at radius 2 is 1.93 bits per heavy atom. The monoisotopic (exact) mass is 508 g/mol. The van der Waals surface area contributed by atoms with Crippen LogP contribution in [0.3, 0.4) is 0 Å². The Morgan fingerprint density at radius 3 is 2.62 bits per heavy atom. The zero-order valence-electron chi connectivity index (χ0n) is 17.3. The fraction of sp³-hybridized carbons (Fsp3) is 0.522. The van der Waals surface area contributed by atoms with E-state index in [4.69, 9.17) is 4.42 Å². The van der Waals surface area contributed by atoms with E-state index >= 15 is 0 Å². The van der Waals surface area contributed by atoms with Crippen molar-refractivity contribution in [3.05, 3.63) is 60.1 Å². The highest BCUT2D eigenvalue weighted by molar-refractivity contribution is 14.0. The molecule has 2 fully saturated rings. The molecule has 158 valence electrons. The van der Waals surface area contributed by atoms with Crippen LogP contribution in [0.25, 0.3) is 0 Å². The van der Waals surface area contributed by atoms with Gasteiger partial charge in [0, 0.05) is 26.7 Å².